The van der Waals surface area contributed by atoms with Crippen molar-refractivity contribution in [3.8, 4) is 0 Å². The van der Waals surface area contributed by atoms with Crippen molar-refractivity contribution in [2.45, 2.75) is 38.6 Å². The molecule has 0 fully saturated rings. The largest absolute Gasteiger partial charge is 0.480 e. The van der Waals surface area contributed by atoms with Crippen molar-refractivity contribution in [1.29, 1.82) is 0 Å². The van der Waals surface area contributed by atoms with Crippen molar-refractivity contribution in [1.82, 2.24) is 4.90 Å². The average Bonchev–Trinajstić information content (AvgIpc) is 2.24. The number of hydrogen-bond donors (Lipinski definition) is 2. The molecule has 0 rings (SSSR count). The molecule has 0 heterocycles. The topological polar surface area (TPSA) is 75.8 Å². The molecule has 0 amide bonds. The Morgan fingerprint density at radius 2 is 2.06 bits per heavy atom. The van der Waals surface area contributed by atoms with Gasteiger partial charge in [0.05, 0.1) is 6.61 Å². The number of nitrogens with zero attached hydrogens (tertiary/aromatic N) is 1. The van der Waals surface area contributed by atoms with Crippen LogP contribution in [0.3, 0.4) is 0 Å². The zero-order valence-electron chi connectivity index (χ0n) is 11.2. The first kappa shape index (κ1) is 16.4. The third kappa shape index (κ3) is 8.12. The standard InChI is InChI=1S/C12H26N2O3/c1-4-17-10-9-14(3)8-6-5-7-12(2,13)11(15)16/h4-10,13H2,1-3H3,(H,15,16). The molecule has 5 nitrogen and oxygen atoms in total. The molecule has 0 spiro atoms. The van der Waals surface area contributed by atoms with Gasteiger partial charge in [-0.2, -0.15) is 0 Å². The van der Waals surface area contributed by atoms with Gasteiger partial charge >= 0.3 is 5.97 Å². The van der Waals surface area contributed by atoms with Crippen molar-refractivity contribution >= 4 is 5.97 Å². The molecule has 0 saturated heterocycles. The van der Waals surface area contributed by atoms with E-state index in [9.17, 15) is 4.79 Å². The van der Waals surface area contributed by atoms with Crippen LogP contribution in [0.4, 0.5) is 0 Å². The molecule has 3 N–H and O–H groups in total. The van der Waals surface area contributed by atoms with Gasteiger partial charge in [-0.3, -0.25) is 4.79 Å². The van der Waals surface area contributed by atoms with Gasteiger partial charge in [0.15, 0.2) is 0 Å². The van der Waals surface area contributed by atoms with Gasteiger partial charge < -0.3 is 20.5 Å². The monoisotopic (exact) mass is 246 g/mol. The van der Waals surface area contributed by atoms with E-state index in [0.717, 1.165) is 39.1 Å². The highest BCUT2D eigenvalue weighted by Gasteiger charge is 2.26. The first-order valence-electron chi connectivity index (χ1n) is 6.18. The fraction of sp³-hybridized carbons (Fsp3) is 0.917. The molecule has 5 heteroatoms. The average molecular weight is 246 g/mol. The van der Waals surface area contributed by atoms with Crippen molar-refractivity contribution in [3.63, 3.8) is 0 Å². The van der Waals surface area contributed by atoms with Crippen LogP contribution in [0.2, 0.25) is 0 Å². The maximum atomic E-state index is 10.8. The van der Waals surface area contributed by atoms with Gasteiger partial charge in [0.2, 0.25) is 0 Å². The number of likely N-dealkylation sites (N-methyl/N-ethyl adjacent to an activating group) is 1. The molecule has 102 valence electrons. The molecular weight excluding hydrogens is 220 g/mol. The Labute approximate surface area is 104 Å². The second-order valence-corrected chi connectivity index (χ2v) is 4.68. The fourth-order valence-corrected chi connectivity index (χ4v) is 1.46. The number of nitrogens with two attached hydrogens (primary N) is 1. The minimum Gasteiger partial charge on any atom is -0.480 e. The Kier molecular flexibility index (Phi) is 8.12. The molecule has 0 aliphatic rings. The van der Waals surface area contributed by atoms with E-state index >= 15 is 0 Å². The molecule has 0 saturated carbocycles. The predicted molar refractivity (Wildman–Crippen MR) is 68.1 cm³/mol. The van der Waals surface area contributed by atoms with Crippen molar-refractivity contribution < 1.29 is 14.6 Å². The fourth-order valence-electron chi connectivity index (χ4n) is 1.46. The second kappa shape index (κ2) is 8.44. The van der Waals surface area contributed by atoms with E-state index in [0.29, 0.717) is 6.42 Å². The molecule has 0 bridgehead atoms. The molecular formula is C12H26N2O3. The smallest absolute Gasteiger partial charge is 0.323 e. The van der Waals surface area contributed by atoms with Gasteiger partial charge in [-0.25, -0.2) is 0 Å². The number of carboxylic acids is 1. The summed E-state index contributed by atoms with van der Waals surface area (Å²) in [5, 5.41) is 8.84. The minimum absolute atomic E-state index is 0.516. The summed E-state index contributed by atoms with van der Waals surface area (Å²) < 4.78 is 5.26. The van der Waals surface area contributed by atoms with Crippen molar-refractivity contribution in [3.05, 3.63) is 0 Å². The lowest BCUT2D eigenvalue weighted by Crippen LogP contribution is -2.44. The lowest BCUT2D eigenvalue weighted by atomic mass is 9.96. The summed E-state index contributed by atoms with van der Waals surface area (Å²) in [6.45, 7) is 6.90. The van der Waals surface area contributed by atoms with E-state index in [1.165, 1.54) is 0 Å². The van der Waals surface area contributed by atoms with E-state index in [1.54, 1.807) is 6.92 Å². The maximum absolute atomic E-state index is 10.8. The number of carboxylic acid groups (broad SMARTS) is 1. The van der Waals surface area contributed by atoms with Crippen LogP contribution in [-0.4, -0.2) is 54.9 Å². The summed E-state index contributed by atoms with van der Waals surface area (Å²) in [6.07, 6.45) is 2.31. The number of carbonyl (C=O) groups is 1. The van der Waals surface area contributed by atoms with E-state index < -0.39 is 11.5 Å². The van der Waals surface area contributed by atoms with Crippen LogP contribution >= 0.6 is 0 Å². The summed E-state index contributed by atoms with van der Waals surface area (Å²) in [6, 6.07) is 0. The first-order valence-corrected chi connectivity index (χ1v) is 6.18. The molecule has 0 aliphatic heterocycles. The van der Waals surface area contributed by atoms with Crippen LogP contribution in [0.15, 0.2) is 0 Å². The Balaban J connectivity index is 3.54. The van der Waals surface area contributed by atoms with Crippen molar-refractivity contribution in [2.75, 3.05) is 33.4 Å². The minimum atomic E-state index is -1.09. The van der Waals surface area contributed by atoms with Gasteiger partial charge in [0, 0.05) is 13.2 Å². The summed E-state index contributed by atoms with van der Waals surface area (Å²) in [5.41, 5.74) is 4.55. The summed E-state index contributed by atoms with van der Waals surface area (Å²) >= 11 is 0. The Morgan fingerprint density at radius 1 is 1.41 bits per heavy atom. The van der Waals surface area contributed by atoms with Gasteiger partial charge in [0.25, 0.3) is 0 Å². The molecule has 0 aliphatic carbocycles. The zero-order valence-corrected chi connectivity index (χ0v) is 11.2. The van der Waals surface area contributed by atoms with E-state index in [2.05, 4.69) is 4.90 Å². The van der Waals surface area contributed by atoms with Crippen LogP contribution in [-0.2, 0) is 9.53 Å². The molecule has 17 heavy (non-hydrogen) atoms. The van der Waals surface area contributed by atoms with E-state index in [-0.39, 0.29) is 0 Å². The summed E-state index contributed by atoms with van der Waals surface area (Å²) in [7, 11) is 2.04. The van der Waals surface area contributed by atoms with E-state index in [1.807, 2.05) is 14.0 Å². The van der Waals surface area contributed by atoms with Crippen molar-refractivity contribution in [2.24, 2.45) is 5.73 Å². The van der Waals surface area contributed by atoms with Crippen LogP contribution in [0, 0.1) is 0 Å². The van der Waals surface area contributed by atoms with E-state index in [4.69, 9.17) is 15.6 Å². The number of aliphatic carboxylic acids is 1. The molecule has 1 atom stereocenters. The van der Waals surface area contributed by atoms with Gasteiger partial charge in [-0.1, -0.05) is 0 Å². The molecule has 0 aromatic carbocycles. The second-order valence-electron chi connectivity index (χ2n) is 4.68. The van der Waals surface area contributed by atoms with Crippen LogP contribution in [0.5, 0.6) is 0 Å². The normalized spacial score (nSPS) is 14.9. The number of hydrogen-bond acceptors (Lipinski definition) is 4. The van der Waals surface area contributed by atoms with Crippen LogP contribution in [0.1, 0.15) is 33.1 Å². The first-order chi connectivity index (χ1) is 7.90. The SMILES string of the molecule is CCOCCN(C)CCCCC(C)(N)C(=O)O. The summed E-state index contributed by atoms with van der Waals surface area (Å²) in [5.74, 6) is -0.929. The number of rotatable bonds is 10. The third-order valence-electron chi connectivity index (χ3n) is 2.80. The highest BCUT2D eigenvalue weighted by atomic mass is 16.5. The quantitative estimate of drug-likeness (QED) is 0.561. The lowest BCUT2D eigenvalue weighted by molar-refractivity contribution is -0.142. The molecule has 1 unspecified atom stereocenters. The molecule has 0 aromatic heterocycles. The highest BCUT2D eigenvalue weighted by molar-refractivity contribution is 5.77. The van der Waals surface area contributed by atoms with Crippen LogP contribution < -0.4 is 5.73 Å². The Bertz CT molecular complexity index is 220. The highest BCUT2D eigenvalue weighted by Crippen LogP contribution is 2.10. The Morgan fingerprint density at radius 3 is 2.59 bits per heavy atom. The molecule has 0 radical (unpaired) electrons. The number of unbranched alkanes of at least 4 members (excludes halogenated alkanes) is 1. The summed E-state index contributed by atoms with van der Waals surface area (Å²) in [4.78, 5) is 13.0. The number of ether oxygens (including phenoxy) is 1. The van der Waals surface area contributed by atoms with Gasteiger partial charge in [-0.05, 0) is 46.7 Å². The maximum Gasteiger partial charge on any atom is 0.323 e. The molecule has 0 aromatic rings. The van der Waals surface area contributed by atoms with Gasteiger partial charge in [-0.15, -0.1) is 0 Å². The zero-order chi connectivity index (χ0) is 13.3. The lowest BCUT2D eigenvalue weighted by Gasteiger charge is -2.20. The third-order valence-corrected chi connectivity index (χ3v) is 2.80. The predicted octanol–water partition coefficient (Wildman–Crippen LogP) is 0.927. The van der Waals surface area contributed by atoms with Crippen LogP contribution in [0.25, 0.3) is 0 Å². The van der Waals surface area contributed by atoms with Gasteiger partial charge in [0.1, 0.15) is 5.54 Å². The Hall–Kier alpha value is -0.650.